The van der Waals surface area contributed by atoms with Gasteiger partial charge in [-0.05, 0) is 31.2 Å². The summed E-state index contributed by atoms with van der Waals surface area (Å²) in [4.78, 5) is 7.95. The summed E-state index contributed by atoms with van der Waals surface area (Å²) in [5, 5.41) is 0. The highest BCUT2D eigenvalue weighted by atomic mass is 16.5. The third-order valence-electron chi connectivity index (χ3n) is 2.01. The maximum atomic E-state index is 5.58. The van der Waals surface area contributed by atoms with E-state index in [2.05, 4.69) is 9.97 Å². The number of nitrogen functional groups attached to an aromatic ring is 1. The molecule has 0 bridgehead atoms. The lowest BCUT2D eigenvalue weighted by Crippen LogP contribution is -1.96. The minimum Gasteiger partial charge on any atom is -0.478 e. The monoisotopic (exact) mass is 231 g/mol. The van der Waals surface area contributed by atoms with Gasteiger partial charge in [-0.2, -0.15) is 0 Å². The zero-order chi connectivity index (χ0) is 12.1. The fourth-order valence-corrected chi connectivity index (χ4v) is 1.26. The molecule has 0 aliphatic carbocycles. The second kappa shape index (κ2) is 5.16. The van der Waals surface area contributed by atoms with Crippen LogP contribution in [-0.2, 0) is 0 Å². The van der Waals surface area contributed by atoms with Crippen molar-refractivity contribution >= 4 is 5.69 Å². The molecule has 1 aromatic heterocycles. The fourth-order valence-electron chi connectivity index (χ4n) is 1.26. The van der Waals surface area contributed by atoms with E-state index < -0.39 is 0 Å². The van der Waals surface area contributed by atoms with Crippen LogP contribution < -0.4 is 15.2 Å². The molecule has 1 aromatic carbocycles. The summed E-state index contributed by atoms with van der Waals surface area (Å²) in [5.74, 6) is 1.60. The van der Waals surface area contributed by atoms with Crippen LogP contribution in [0.1, 0.15) is 6.92 Å². The first-order valence-corrected chi connectivity index (χ1v) is 5.26. The van der Waals surface area contributed by atoms with Gasteiger partial charge in [0.25, 0.3) is 0 Å². The summed E-state index contributed by atoms with van der Waals surface area (Å²) in [6.07, 6.45) is 1.40. The van der Waals surface area contributed by atoms with Crippen LogP contribution in [-0.4, -0.2) is 16.6 Å². The Labute approximate surface area is 99.2 Å². The lowest BCUT2D eigenvalue weighted by atomic mass is 10.3. The standard InChI is InChI=1S/C12H13N3O2/c1-2-16-11-7-12(15-8-14-11)17-10-5-3-9(13)4-6-10/h3-8H,2,13H2,1H3. The molecule has 5 heteroatoms. The van der Waals surface area contributed by atoms with E-state index >= 15 is 0 Å². The van der Waals surface area contributed by atoms with Gasteiger partial charge in [0.2, 0.25) is 11.8 Å². The van der Waals surface area contributed by atoms with Gasteiger partial charge >= 0.3 is 0 Å². The molecule has 1 heterocycles. The highest BCUT2D eigenvalue weighted by molar-refractivity contribution is 5.42. The number of anilines is 1. The van der Waals surface area contributed by atoms with Crippen molar-refractivity contribution in [2.24, 2.45) is 0 Å². The summed E-state index contributed by atoms with van der Waals surface area (Å²) in [6, 6.07) is 8.72. The molecular weight excluding hydrogens is 218 g/mol. The van der Waals surface area contributed by atoms with Crippen molar-refractivity contribution in [1.29, 1.82) is 0 Å². The van der Waals surface area contributed by atoms with Crippen molar-refractivity contribution in [1.82, 2.24) is 9.97 Å². The fraction of sp³-hybridized carbons (Fsp3) is 0.167. The Morgan fingerprint density at radius 3 is 2.53 bits per heavy atom. The Morgan fingerprint density at radius 1 is 1.12 bits per heavy atom. The van der Waals surface area contributed by atoms with Crippen LogP contribution in [0.4, 0.5) is 5.69 Å². The highest BCUT2D eigenvalue weighted by Gasteiger charge is 2.01. The molecule has 0 saturated heterocycles. The smallest absolute Gasteiger partial charge is 0.226 e. The number of rotatable bonds is 4. The normalized spacial score (nSPS) is 9.94. The molecule has 0 atom stereocenters. The van der Waals surface area contributed by atoms with E-state index in [1.165, 1.54) is 6.33 Å². The highest BCUT2D eigenvalue weighted by Crippen LogP contribution is 2.22. The van der Waals surface area contributed by atoms with E-state index in [1.807, 2.05) is 6.92 Å². The van der Waals surface area contributed by atoms with Gasteiger partial charge in [-0.15, -0.1) is 0 Å². The van der Waals surface area contributed by atoms with Gasteiger partial charge in [0.15, 0.2) is 0 Å². The van der Waals surface area contributed by atoms with E-state index in [-0.39, 0.29) is 0 Å². The predicted molar refractivity (Wildman–Crippen MR) is 64.1 cm³/mol. The lowest BCUT2D eigenvalue weighted by molar-refractivity contribution is 0.322. The average molecular weight is 231 g/mol. The Balaban J connectivity index is 2.12. The van der Waals surface area contributed by atoms with E-state index in [9.17, 15) is 0 Å². The summed E-state index contributed by atoms with van der Waals surface area (Å²) in [6.45, 7) is 2.45. The first kappa shape index (κ1) is 11.2. The number of aromatic nitrogens is 2. The first-order valence-electron chi connectivity index (χ1n) is 5.26. The molecule has 5 nitrogen and oxygen atoms in total. The van der Waals surface area contributed by atoms with Gasteiger partial charge in [-0.3, -0.25) is 0 Å². The van der Waals surface area contributed by atoms with Crippen LogP contribution in [0.15, 0.2) is 36.7 Å². The Bertz CT molecular complexity index is 485. The van der Waals surface area contributed by atoms with Crippen LogP contribution in [0.3, 0.4) is 0 Å². The zero-order valence-electron chi connectivity index (χ0n) is 9.46. The topological polar surface area (TPSA) is 70.3 Å². The van der Waals surface area contributed by atoms with Gasteiger partial charge in [0.05, 0.1) is 12.7 Å². The molecule has 0 aliphatic heterocycles. The number of hydrogen-bond donors (Lipinski definition) is 1. The van der Waals surface area contributed by atoms with E-state index in [0.29, 0.717) is 29.8 Å². The van der Waals surface area contributed by atoms with Gasteiger partial charge in [-0.25, -0.2) is 9.97 Å². The Kier molecular flexibility index (Phi) is 3.40. The molecule has 0 amide bonds. The predicted octanol–water partition coefficient (Wildman–Crippen LogP) is 2.25. The van der Waals surface area contributed by atoms with Gasteiger partial charge in [-0.1, -0.05) is 0 Å². The number of nitrogens with zero attached hydrogens (tertiary/aromatic N) is 2. The lowest BCUT2D eigenvalue weighted by Gasteiger charge is -2.06. The van der Waals surface area contributed by atoms with Crippen molar-refractivity contribution in [2.45, 2.75) is 6.92 Å². The van der Waals surface area contributed by atoms with E-state index in [0.717, 1.165) is 0 Å². The van der Waals surface area contributed by atoms with Crippen molar-refractivity contribution in [3.05, 3.63) is 36.7 Å². The molecule has 2 N–H and O–H groups in total. The van der Waals surface area contributed by atoms with Gasteiger partial charge in [0, 0.05) is 5.69 Å². The third kappa shape index (κ3) is 3.07. The van der Waals surface area contributed by atoms with Crippen LogP contribution in [0, 0.1) is 0 Å². The largest absolute Gasteiger partial charge is 0.478 e. The summed E-state index contributed by atoms with van der Waals surface area (Å²) >= 11 is 0. The van der Waals surface area contributed by atoms with Crippen LogP contribution in [0.5, 0.6) is 17.5 Å². The van der Waals surface area contributed by atoms with Crippen LogP contribution in [0.2, 0.25) is 0 Å². The molecular formula is C12H13N3O2. The van der Waals surface area contributed by atoms with E-state index in [1.54, 1.807) is 30.3 Å². The molecule has 2 rings (SSSR count). The van der Waals surface area contributed by atoms with Gasteiger partial charge in [0.1, 0.15) is 12.1 Å². The maximum absolute atomic E-state index is 5.58. The number of nitrogens with two attached hydrogens (primary N) is 1. The minimum atomic E-state index is 0.438. The van der Waals surface area contributed by atoms with E-state index in [4.69, 9.17) is 15.2 Å². The SMILES string of the molecule is CCOc1cc(Oc2ccc(N)cc2)ncn1. The molecule has 0 aliphatic rings. The molecule has 0 spiro atoms. The second-order valence-electron chi connectivity index (χ2n) is 3.30. The third-order valence-corrected chi connectivity index (χ3v) is 2.01. The second-order valence-corrected chi connectivity index (χ2v) is 3.30. The van der Waals surface area contributed by atoms with Crippen LogP contribution >= 0.6 is 0 Å². The summed E-state index contributed by atoms with van der Waals surface area (Å²) in [7, 11) is 0. The van der Waals surface area contributed by atoms with Crippen molar-refractivity contribution in [3.63, 3.8) is 0 Å². The number of ether oxygens (including phenoxy) is 2. The summed E-state index contributed by atoms with van der Waals surface area (Å²) < 4.78 is 10.8. The Hall–Kier alpha value is -2.30. The molecule has 0 saturated carbocycles. The molecule has 88 valence electrons. The quantitative estimate of drug-likeness (QED) is 0.817. The van der Waals surface area contributed by atoms with Crippen molar-refractivity contribution in [3.8, 4) is 17.5 Å². The Morgan fingerprint density at radius 2 is 1.82 bits per heavy atom. The molecule has 0 fully saturated rings. The molecule has 0 radical (unpaired) electrons. The average Bonchev–Trinajstić information content (AvgIpc) is 2.33. The summed E-state index contributed by atoms with van der Waals surface area (Å²) in [5.41, 5.74) is 6.27. The van der Waals surface area contributed by atoms with Crippen molar-refractivity contribution < 1.29 is 9.47 Å². The van der Waals surface area contributed by atoms with Crippen LogP contribution in [0.25, 0.3) is 0 Å². The minimum absolute atomic E-state index is 0.438. The number of hydrogen-bond acceptors (Lipinski definition) is 5. The molecule has 2 aromatic rings. The zero-order valence-corrected chi connectivity index (χ0v) is 9.46. The number of benzene rings is 1. The van der Waals surface area contributed by atoms with Crippen molar-refractivity contribution in [2.75, 3.05) is 12.3 Å². The molecule has 0 unspecified atom stereocenters. The van der Waals surface area contributed by atoms with Gasteiger partial charge < -0.3 is 15.2 Å². The maximum Gasteiger partial charge on any atom is 0.226 e. The molecule has 17 heavy (non-hydrogen) atoms. The first-order chi connectivity index (χ1) is 8.28.